The van der Waals surface area contributed by atoms with Crippen LogP contribution in [0.4, 0.5) is 5.00 Å². The summed E-state index contributed by atoms with van der Waals surface area (Å²) in [4.78, 5) is 13.9. The average molecular weight is 411 g/mol. The highest BCUT2D eigenvalue weighted by Crippen LogP contribution is 2.44. The fraction of sp³-hybridized carbons (Fsp3) is 0.500. The van der Waals surface area contributed by atoms with Crippen LogP contribution in [-0.4, -0.2) is 12.0 Å². The molecule has 0 aliphatic heterocycles. The van der Waals surface area contributed by atoms with Crippen molar-refractivity contribution in [3.8, 4) is 11.8 Å². The zero-order valence-electron chi connectivity index (χ0n) is 18.0. The number of carbonyl (C=O) groups excluding carboxylic acids is 1. The summed E-state index contributed by atoms with van der Waals surface area (Å²) < 4.78 is 5.79. The predicted octanol–water partition coefficient (Wildman–Crippen LogP) is 5.74. The van der Waals surface area contributed by atoms with Gasteiger partial charge < -0.3 is 10.1 Å². The Hall–Kier alpha value is -2.32. The van der Waals surface area contributed by atoms with Gasteiger partial charge in [-0.2, -0.15) is 5.26 Å². The second-order valence-corrected chi connectivity index (χ2v) is 9.98. The van der Waals surface area contributed by atoms with Crippen LogP contribution in [0.25, 0.3) is 0 Å². The standard InChI is InChI=1S/C24H30N2O2S/c1-6-16-7-10-18(11-8-16)28-15(2)22(27)26-23-20(14-25)19-12-9-17(24(3,4)5)13-21(19)29-23/h7-8,10-11,15,17H,6,9,12-13H2,1-5H3,(H,26,27)/t15-,17-/m0/s1. The SMILES string of the molecule is CCc1ccc(O[C@@H](C)C(=O)Nc2sc3c(c2C#N)CC[C@H](C(C)(C)C)C3)cc1. The van der Waals surface area contributed by atoms with Gasteiger partial charge in [0.25, 0.3) is 5.91 Å². The Morgan fingerprint density at radius 3 is 2.62 bits per heavy atom. The first-order valence-corrected chi connectivity index (χ1v) is 11.2. The van der Waals surface area contributed by atoms with Crippen LogP contribution in [0.15, 0.2) is 24.3 Å². The summed E-state index contributed by atoms with van der Waals surface area (Å²) >= 11 is 1.55. The van der Waals surface area contributed by atoms with Gasteiger partial charge >= 0.3 is 0 Å². The first-order chi connectivity index (χ1) is 13.7. The number of carbonyl (C=O) groups is 1. The molecule has 0 saturated carbocycles. The largest absolute Gasteiger partial charge is 0.481 e. The molecule has 0 radical (unpaired) electrons. The third-order valence-corrected chi connectivity index (χ3v) is 7.02. The van der Waals surface area contributed by atoms with Gasteiger partial charge in [-0.05, 0) is 67.2 Å². The van der Waals surface area contributed by atoms with Crippen LogP contribution < -0.4 is 10.1 Å². The minimum atomic E-state index is -0.643. The zero-order valence-corrected chi connectivity index (χ0v) is 18.8. The van der Waals surface area contributed by atoms with E-state index in [1.54, 1.807) is 18.3 Å². The molecule has 2 aromatic rings. The number of nitrogens with zero attached hydrogens (tertiary/aromatic N) is 1. The first kappa shape index (κ1) is 21.4. The zero-order chi connectivity index (χ0) is 21.2. The molecular formula is C24H30N2O2S. The number of thiophene rings is 1. The third kappa shape index (κ3) is 4.82. The third-order valence-electron chi connectivity index (χ3n) is 5.85. The lowest BCUT2D eigenvalue weighted by molar-refractivity contribution is -0.122. The highest BCUT2D eigenvalue weighted by Gasteiger charge is 2.32. The van der Waals surface area contributed by atoms with Crippen LogP contribution in [0.1, 0.15) is 62.6 Å². The van der Waals surface area contributed by atoms with E-state index in [-0.39, 0.29) is 11.3 Å². The molecule has 0 spiro atoms. The van der Waals surface area contributed by atoms with Gasteiger partial charge in [-0.25, -0.2) is 0 Å². The number of amides is 1. The van der Waals surface area contributed by atoms with Gasteiger partial charge in [-0.1, -0.05) is 39.8 Å². The number of benzene rings is 1. The minimum Gasteiger partial charge on any atom is -0.481 e. The van der Waals surface area contributed by atoms with E-state index < -0.39 is 6.10 Å². The summed E-state index contributed by atoms with van der Waals surface area (Å²) in [5.74, 6) is 1.04. The molecule has 154 valence electrons. The number of hydrogen-bond acceptors (Lipinski definition) is 4. The van der Waals surface area contributed by atoms with Crippen LogP contribution >= 0.6 is 11.3 Å². The molecule has 2 atom stereocenters. The molecule has 0 saturated heterocycles. The van der Waals surface area contributed by atoms with Crippen LogP contribution in [0, 0.1) is 22.7 Å². The molecule has 3 rings (SSSR count). The molecule has 1 amide bonds. The van der Waals surface area contributed by atoms with Crippen LogP contribution in [0.3, 0.4) is 0 Å². The number of anilines is 1. The molecular weight excluding hydrogens is 380 g/mol. The smallest absolute Gasteiger partial charge is 0.265 e. The Morgan fingerprint density at radius 1 is 1.34 bits per heavy atom. The number of aryl methyl sites for hydroxylation is 1. The van der Waals surface area contributed by atoms with Gasteiger partial charge in [0.1, 0.15) is 16.8 Å². The molecule has 1 aromatic heterocycles. The second-order valence-electron chi connectivity index (χ2n) is 8.87. The maximum Gasteiger partial charge on any atom is 0.265 e. The molecule has 1 aromatic carbocycles. The molecule has 1 N–H and O–H groups in total. The molecule has 1 heterocycles. The summed E-state index contributed by atoms with van der Waals surface area (Å²) in [5, 5.41) is 13.3. The van der Waals surface area contributed by atoms with Crippen molar-refractivity contribution < 1.29 is 9.53 Å². The molecule has 5 heteroatoms. The molecule has 0 fully saturated rings. The quantitative estimate of drug-likeness (QED) is 0.684. The lowest BCUT2D eigenvalue weighted by atomic mass is 9.72. The van der Waals surface area contributed by atoms with Crippen LogP contribution in [0.2, 0.25) is 0 Å². The number of nitriles is 1. The summed E-state index contributed by atoms with van der Waals surface area (Å²) in [6.07, 6.45) is 3.29. The number of nitrogens with one attached hydrogen (secondary N) is 1. The van der Waals surface area contributed by atoms with Crippen molar-refractivity contribution in [3.05, 3.63) is 45.8 Å². The maximum atomic E-state index is 12.7. The van der Waals surface area contributed by atoms with Gasteiger partial charge in [0.2, 0.25) is 0 Å². The fourth-order valence-electron chi connectivity index (χ4n) is 3.81. The Labute approximate surface area is 177 Å². The van der Waals surface area contributed by atoms with Crippen molar-refractivity contribution in [2.45, 2.75) is 66.4 Å². The first-order valence-electron chi connectivity index (χ1n) is 10.3. The molecule has 1 aliphatic carbocycles. The summed E-state index contributed by atoms with van der Waals surface area (Å²) in [5.41, 5.74) is 3.22. The Morgan fingerprint density at radius 2 is 2.03 bits per heavy atom. The molecule has 29 heavy (non-hydrogen) atoms. The van der Waals surface area contributed by atoms with Crippen molar-refractivity contribution in [1.29, 1.82) is 5.26 Å². The van der Waals surface area contributed by atoms with Gasteiger partial charge in [0.15, 0.2) is 6.10 Å². The fourth-order valence-corrected chi connectivity index (χ4v) is 5.09. The predicted molar refractivity (Wildman–Crippen MR) is 119 cm³/mol. The normalized spacial score (nSPS) is 17.2. The van der Waals surface area contributed by atoms with E-state index in [2.05, 4.69) is 39.1 Å². The summed E-state index contributed by atoms with van der Waals surface area (Å²) in [6, 6.07) is 10.1. The number of hydrogen-bond donors (Lipinski definition) is 1. The van der Waals surface area contributed by atoms with Gasteiger partial charge in [0, 0.05) is 4.88 Å². The van der Waals surface area contributed by atoms with Crippen molar-refractivity contribution in [2.75, 3.05) is 5.32 Å². The lowest BCUT2D eigenvalue weighted by Gasteiger charge is -2.33. The topological polar surface area (TPSA) is 62.1 Å². The Kier molecular flexibility index (Phi) is 6.33. The van der Waals surface area contributed by atoms with Crippen molar-refractivity contribution in [3.63, 3.8) is 0 Å². The number of rotatable bonds is 5. The maximum absolute atomic E-state index is 12.7. The molecule has 1 aliphatic rings. The minimum absolute atomic E-state index is 0.230. The lowest BCUT2D eigenvalue weighted by Crippen LogP contribution is -2.30. The van der Waals surface area contributed by atoms with Crippen molar-refractivity contribution >= 4 is 22.2 Å². The van der Waals surface area contributed by atoms with E-state index in [1.165, 1.54) is 10.4 Å². The van der Waals surface area contributed by atoms with Gasteiger partial charge in [-0.15, -0.1) is 11.3 Å². The van der Waals surface area contributed by atoms with Crippen LogP contribution in [0.5, 0.6) is 5.75 Å². The van der Waals surface area contributed by atoms with E-state index in [4.69, 9.17) is 4.74 Å². The summed E-state index contributed by atoms with van der Waals surface area (Å²) in [6.45, 7) is 10.7. The van der Waals surface area contributed by atoms with Crippen LogP contribution in [-0.2, 0) is 24.1 Å². The monoisotopic (exact) mass is 410 g/mol. The van der Waals surface area contributed by atoms with E-state index in [0.29, 0.717) is 22.2 Å². The number of fused-ring (bicyclic) bond motifs is 1. The molecule has 0 unspecified atom stereocenters. The van der Waals surface area contributed by atoms with E-state index >= 15 is 0 Å². The second kappa shape index (κ2) is 8.59. The number of ether oxygens (including phenoxy) is 1. The van der Waals surface area contributed by atoms with Crippen molar-refractivity contribution in [1.82, 2.24) is 0 Å². The van der Waals surface area contributed by atoms with Gasteiger partial charge in [-0.3, -0.25) is 4.79 Å². The molecule has 4 nitrogen and oxygen atoms in total. The summed E-state index contributed by atoms with van der Waals surface area (Å²) in [7, 11) is 0. The average Bonchev–Trinajstić information content (AvgIpc) is 3.03. The molecule has 0 bridgehead atoms. The van der Waals surface area contributed by atoms with E-state index in [9.17, 15) is 10.1 Å². The van der Waals surface area contributed by atoms with E-state index in [0.717, 1.165) is 31.2 Å². The van der Waals surface area contributed by atoms with Gasteiger partial charge in [0.05, 0.1) is 5.56 Å². The van der Waals surface area contributed by atoms with Crippen molar-refractivity contribution in [2.24, 2.45) is 11.3 Å². The Balaban J connectivity index is 1.71. The highest BCUT2D eigenvalue weighted by molar-refractivity contribution is 7.16. The van der Waals surface area contributed by atoms with E-state index in [1.807, 2.05) is 24.3 Å². The highest BCUT2D eigenvalue weighted by atomic mass is 32.1. The Bertz CT molecular complexity index is 916.